The fourth-order valence-corrected chi connectivity index (χ4v) is 1.61. The van der Waals surface area contributed by atoms with Gasteiger partial charge >= 0.3 is 6.18 Å². The highest BCUT2D eigenvalue weighted by atomic mass is 79.9. The first-order valence-electron chi connectivity index (χ1n) is 4.76. The van der Waals surface area contributed by atoms with Crippen LogP contribution in [0.3, 0.4) is 0 Å². The summed E-state index contributed by atoms with van der Waals surface area (Å²) in [4.78, 5) is 0. The van der Waals surface area contributed by atoms with Crippen molar-refractivity contribution in [2.45, 2.75) is 12.2 Å². The van der Waals surface area contributed by atoms with Crippen molar-refractivity contribution < 1.29 is 26.7 Å². The van der Waals surface area contributed by atoms with E-state index in [1.165, 1.54) is 0 Å². The summed E-state index contributed by atoms with van der Waals surface area (Å²) < 4.78 is 66.5. The zero-order chi connectivity index (χ0) is 13.9. The standard InChI is InChI=1S/C10H9BrF5NO/c11-5-1-2-6(12)8(9(5)13)7(17)3-18-4-10(14,15)16/h1-2,7H,3-4,17H2. The van der Waals surface area contributed by atoms with Crippen molar-refractivity contribution in [3.05, 3.63) is 33.8 Å². The first-order valence-corrected chi connectivity index (χ1v) is 5.55. The van der Waals surface area contributed by atoms with Crippen LogP contribution in [0.1, 0.15) is 11.6 Å². The molecule has 0 spiro atoms. The number of alkyl halides is 3. The lowest BCUT2D eigenvalue weighted by atomic mass is 10.1. The Balaban J connectivity index is 2.73. The molecule has 1 atom stereocenters. The molecule has 0 aromatic heterocycles. The van der Waals surface area contributed by atoms with Crippen LogP contribution in [0.25, 0.3) is 0 Å². The van der Waals surface area contributed by atoms with Gasteiger partial charge in [-0.2, -0.15) is 13.2 Å². The smallest absolute Gasteiger partial charge is 0.370 e. The predicted octanol–water partition coefficient (Wildman–Crippen LogP) is 3.31. The Morgan fingerprint density at radius 3 is 2.44 bits per heavy atom. The molecule has 0 amide bonds. The molecule has 1 rings (SSSR count). The molecule has 0 radical (unpaired) electrons. The Labute approximate surface area is 108 Å². The molecule has 18 heavy (non-hydrogen) atoms. The average Bonchev–Trinajstić information content (AvgIpc) is 2.22. The summed E-state index contributed by atoms with van der Waals surface area (Å²) in [5.41, 5.74) is 4.89. The third-order valence-corrected chi connectivity index (χ3v) is 2.63. The van der Waals surface area contributed by atoms with Crippen molar-refractivity contribution in [2.75, 3.05) is 13.2 Å². The molecule has 1 aromatic rings. The highest BCUT2D eigenvalue weighted by Gasteiger charge is 2.28. The maximum absolute atomic E-state index is 13.5. The Morgan fingerprint density at radius 1 is 1.28 bits per heavy atom. The third-order valence-electron chi connectivity index (χ3n) is 2.01. The monoisotopic (exact) mass is 333 g/mol. The van der Waals surface area contributed by atoms with Crippen LogP contribution in [0.2, 0.25) is 0 Å². The second-order valence-electron chi connectivity index (χ2n) is 3.49. The number of halogens is 6. The molecule has 102 valence electrons. The van der Waals surface area contributed by atoms with Gasteiger partial charge in [-0.15, -0.1) is 0 Å². The molecule has 0 fully saturated rings. The number of ether oxygens (including phenoxy) is 1. The highest BCUT2D eigenvalue weighted by Crippen LogP contribution is 2.26. The summed E-state index contributed by atoms with van der Waals surface area (Å²) in [6.07, 6.45) is -4.51. The first kappa shape index (κ1) is 15.3. The summed E-state index contributed by atoms with van der Waals surface area (Å²) in [7, 11) is 0. The lowest BCUT2D eigenvalue weighted by Crippen LogP contribution is -2.24. The van der Waals surface area contributed by atoms with E-state index in [9.17, 15) is 22.0 Å². The van der Waals surface area contributed by atoms with Crippen LogP contribution in [0.5, 0.6) is 0 Å². The van der Waals surface area contributed by atoms with E-state index >= 15 is 0 Å². The SMILES string of the molecule is NC(COCC(F)(F)F)c1c(F)ccc(Br)c1F. The Kier molecular flexibility index (Phi) is 5.06. The topological polar surface area (TPSA) is 35.2 Å². The number of hydrogen-bond donors (Lipinski definition) is 1. The van der Waals surface area contributed by atoms with Gasteiger partial charge in [0.15, 0.2) is 0 Å². The summed E-state index contributed by atoms with van der Waals surface area (Å²) >= 11 is 2.83. The zero-order valence-corrected chi connectivity index (χ0v) is 10.5. The van der Waals surface area contributed by atoms with Crippen LogP contribution in [-0.4, -0.2) is 19.4 Å². The summed E-state index contributed by atoms with van der Waals surface area (Å²) in [5, 5.41) is 0. The second-order valence-corrected chi connectivity index (χ2v) is 4.35. The minimum absolute atomic E-state index is 0.0230. The van der Waals surface area contributed by atoms with Crippen molar-refractivity contribution in [1.82, 2.24) is 0 Å². The van der Waals surface area contributed by atoms with Crippen LogP contribution < -0.4 is 5.73 Å². The van der Waals surface area contributed by atoms with Crippen LogP contribution in [0, 0.1) is 11.6 Å². The highest BCUT2D eigenvalue weighted by molar-refractivity contribution is 9.10. The van der Waals surface area contributed by atoms with Gasteiger partial charge in [-0.25, -0.2) is 8.78 Å². The normalized spacial score (nSPS) is 13.7. The molecule has 0 saturated heterocycles. The van der Waals surface area contributed by atoms with E-state index in [4.69, 9.17) is 5.73 Å². The summed E-state index contributed by atoms with van der Waals surface area (Å²) in [6, 6.07) is 0.786. The third kappa shape index (κ3) is 4.18. The Morgan fingerprint density at radius 2 is 1.89 bits per heavy atom. The maximum Gasteiger partial charge on any atom is 0.411 e. The minimum atomic E-state index is -4.51. The molecule has 0 heterocycles. The molecule has 0 aliphatic heterocycles. The quantitative estimate of drug-likeness (QED) is 0.677. The van der Waals surface area contributed by atoms with Crippen LogP contribution >= 0.6 is 15.9 Å². The van der Waals surface area contributed by atoms with Gasteiger partial charge < -0.3 is 10.5 Å². The Bertz CT molecular complexity index is 423. The van der Waals surface area contributed by atoms with Crippen molar-refractivity contribution >= 4 is 15.9 Å². The second kappa shape index (κ2) is 5.94. The molecule has 8 heteroatoms. The van der Waals surface area contributed by atoms with Gasteiger partial charge in [-0.05, 0) is 28.1 Å². The van der Waals surface area contributed by atoms with E-state index in [0.717, 1.165) is 12.1 Å². The molecule has 0 saturated carbocycles. The zero-order valence-electron chi connectivity index (χ0n) is 8.90. The van der Waals surface area contributed by atoms with Gasteiger partial charge in [-0.1, -0.05) is 0 Å². The first-order chi connectivity index (χ1) is 8.22. The van der Waals surface area contributed by atoms with Gasteiger partial charge in [0.1, 0.15) is 18.2 Å². The van der Waals surface area contributed by atoms with Gasteiger partial charge in [0.05, 0.1) is 17.1 Å². The van der Waals surface area contributed by atoms with E-state index in [-0.39, 0.29) is 4.47 Å². The number of benzene rings is 1. The molecule has 0 aliphatic rings. The van der Waals surface area contributed by atoms with Gasteiger partial charge in [-0.3, -0.25) is 0 Å². The molecule has 1 aromatic carbocycles. The van der Waals surface area contributed by atoms with Gasteiger partial charge in [0, 0.05) is 5.56 Å². The van der Waals surface area contributed by atoms with Crippen molar-refractivity contribution in [3.8, 4) is 0 Å². The lowest BCUT2D eigenvalue weighted by Gasteiger charge is -2.15. The average molecular weight is 334 g/mol. The molecule has 1 unspecified atom stereocenters. The van der Waals surface area contributed by atoms with Crippen molar-refractivity contribution in [1.29, 1.82) is 0 Å². The summed E-state index contributed by atoms with van der Waals surface area (Å²) in [6.45, 7) is -2.15. The van der Waals surface area contributed by atoms with E-state index in [0.29, 0.717) is 0 Å². The number of nitrogens with two attached hydrogens (primary N) is 1. The molecule has 2 nitrogen and oxygen atoms in total. The van der Waals surface area contributed by atoms with Crippen LogP contribution in [0.4, 0.5) is 22.0 Å². The minimum Gasteiger partial charge on any atom is -0.370 e. The fourth-order valence-electron chi connectivity index (χ4n) is 1.27. The van der Waals surface area contributed by atoms with Crippen molar-refractivity contribution in [3.63, 3.8) is 0 Å². The van der Waals surface area contributed by atoms with Gasteiger partial charge in [0.2, 0.25) is 0 Å². The molecule has 2 N–H and O–H groups in total. The van der Waals surface area contributed by atoms with E-state index in [2.05, 4.69) is 20.7 Å². The lowest BCUT2D eigenvalue weighted by molar-refractivity contribution is -0.174. The van der Waals surface area contributed by atoms with Crippen molar-refractivity contribution in [2.24, 2.45) is 5.73 Å². The largest absolute Gasteiger partial charge is 0.411 e. The van der Waals surface area contributed by atoms with Crippen LogP contribution in [-0.2, 0) is 4.74 Å². The van der Waals surface area contributed by atoms with Crippen LogP contribution in [0.15, 0.2) is 16.6 Å². The van der Waals surface area contributed by atoms with E-state index in [1.54, 1.807) is 0 Å². The fraction of sp³-hybridized carbons (Fsp3) is 0.400. The molecule has 0 bridgehead atoms. The van der Waals surface area contributed by atoms with E-state index in [1.807, 2.05) is 0 Å². The number of hydrogen-bond acceptors (Lipinski definition) is 2. The predicted molar refractivity (Wildman–Crippen MR) is 57.9 cm³/mol. The number of rotatable bonds is 4. The molecular weight excluding hydrogens is 325 g/mol. The van der Waals surface area contributed by atoms with Gasteiger partial charge in [0.25, 0.3) is 0 Å². The molecule has 0 aliphatic carbocycles. The Hall–Kier alpha value is -0.730. The van der Waals surface area contributed by atoms with E-state index < -0.39 is 42.6 Å². The maximum atomic E-state index is 13.5. The summed E-state index contributed by atoms with van der Waals surface area (Å²) in [5.74, 6) is -1.88. The molecular formula is C10H9BrF5NO.